The van der Waals surface area contributed by atoms with Crippen molar-refractivity contribution in [1.29, 1.82) is 0 Å². The molecule has 1 fully saturated rings. The summed E-state index contributed by atoms with van der Waals surface area (Å²) < 4.78 is 4.48. The first kappa shape index (κ1) is 17.3. The molecule has 0 radical (unpaired) electrons. The van der Waals surface area contributed by atoms with Crippen LogP contribution in [0.1, 0.15) is 39.5 Å². The highest BCUT2D eigenvalue weighted by Crippen LogP contribution is 2.27. The molecule has 0 saturated heterocycles. The van der Waals surface area contributed by atoms with Gasteiger partial charge in [0.1, 0.15) is 6.04 Å². The Bertz CT molecular complexity index is 393. The fraction of sp³-hybridized carbons (Fsp3) is 0.786. The predicted molar refractivity (Wildman–Crippen MR) is 75.8 cm³/mol. The number of aliphatic carboxylic acids is 1. The molecular weight excluding hydrogens is 276 g/mol. The lowest BCUT2D eigenvalue weighted by molar-refractivity contribution is -0.142. The van der Waals surface area contributed by atoms with Crippen molar-refractivity contribution in [3.8, 4) is 0 Å². The smallest absolute Gasteiger partial charge is 0.326 e. The molecule has 0 aliphatic heterocycles. The molecule has 120 valence electrons. The summed E-state index contributed by atoms with van der Waals surface area (Å²) >= 11 is 0. The molecule has 1 aliphatic rings. The Morgan fingerprint density at radius 3 is 2.38 bits per heavy atom. The van der Waals surface area contributed by atoms with Gasteiger partial charge in [0.2, 0.25) is 0 Å². The third kappa shape index (κ3) is 6.01. The van der Waals surface area contributed by atoms with Crippen molar-refractivity contribution in [2.24, 2.45) is 5.92 Å². The zero-order valence-electron chi connectivity index (χ0n) is 12.8. The maximum atomic E-state index is 12.2. The van der Waals surface area contributed by atoms with E-state index in [0.717, 1.165) is 12.8 Å². The Morgan fingerprint density at radius 1 is 1.33 bits per heavy atom. The van der Waals surface area contributed by atoms with Crippen molar-refractivity contribution >= 4 is 18.0 Å². The minimum absolute atomic E-state index is 0.0218. The zero-order chi connectivity index (χ0) is 16.0. The van der Waals surface area contributed by atoms with Gasteiger partial charge >= 0.3 is 18.0 Å². The van der Waals surface area contributed by atoms with Crippen molar-refractivity contribution in [1.82, 2.24) is 10.2 Å². The van der Waals surface area contributed by atoms with Gasteiger partial charge in [-0.2, -0.15) is 0 Å². The van der Waals surface area contributed by atoms with E-state index in [1.165, 1.54) is 7.11 Å². The second kappa shape index (κ2) is 7.85. The molecule has 0 aromatic heterocycles. The summed E-state index contributed by atoms with van der Waals surface area (Å²) in [7, 11) is 1.24. The number of methoxy groups -OCH3 is 1. The van der Waals surface area contributed by atoms with Crippen molar-refractivity contribution in [2.75, 3.05) is 13.7 Å². The Labute approximate surface area is 124 Å². The van der Waals surface area contributed by atoms with Crippen molar-refractivity contribution in [3.05, 3.63) is 0 Å². The van der Waals surface area contributed by atoms with Gasteiger partial charge in [0, 0.05) is 19.0 Å². The van der Waals surface area contributed by atoms with Gasteiger partial charge in [0.25, 0.3) is 0 Å². The van der Waals surface area contributed by atoms with Gasteiger partial charge in [0.15, 0.2) is 0 Å². The van der Waals surface area contributed by atoms with Crippen LogP contribution in [0.15, 0.2) is 0 Å². The van der Waals surface area contributed by atoms with E-state index in [4.69, 9.17) is 5.11 Å². The Balaban J connectivity index is 2.57. The number of hydrogen-bond acceptors (Lipinski definition) is 4. The number of ether oxygens (including phenoxy) is 1. The number of rotatable bonds is 8. The van der Waals surface area contributed by atoms with Crippen LogP contribution in [0.3, 0.4) is 0 Å². The molecule has 0 aromatic carbocycles. The van der Waals surface area contributed by atoms with E-state index < -0.39 is 18.0 Å². The number of nitrogens with one attached hydrogen (secondary N) is 1. The molecule has 21 heavy (non-hydrogen) atoms. The molecule has 1 saturated carbocycles. The molecular formula is C14H24N2O5. The standard InChI is InChI=1S/C14H24N2O5/c1-9(2)8-16(10-4-5-10)14(20)15-11(13(18)19)6-7-12(17)21-3/h9-11H,4-8H2,1-3H3,(H,15,20)(H,18,19)/t11-/m1/s1. The van der Waals surface area contributed by atoms with E-state index >= 15 is 0 Å². The van der Waals surface area contributed by atoms with Crippen LogP contribution in [-0.4, -0.2) is 53.7 Å². The van der Waals surface area contributed by atoms with E-state index in [1.807, 2.05) is 13.8 Å². The zero-order valence-corrected chi connectivity index (χ0v) is 12.8. The number of amides is 2. The Kier molecular flexibility index (Phi) is 6.45. The number of carbonyl (C=O) groups excluding carboxylic acids is 2. The highest BCUT2D eigenvalue weighted by Gasteiger charge is 2.34. The van der Waals surface area contributed by atoms with E-state index in [1.54, 1.807) is 4.90 Å². The molecule has 0 bridgehead atoms. The molecule has 2 N–H and O–H groups in total. The number of carbonyl (C=O) groups is 3. The van der Waals surface area contributed by atoms with Crippen molar-refractivity contribution in [2.45, 2.75) is 51.6 Å². The maximum Gasteiger partial charge on any atom is 0.326 e. The SMILES string of the molecule is COC(=O)CC[C@@H](NC(=O)N(CC(C)C)C1CC1)C(=O)O. The third-order valence-electron chi connectivity index (χ3n) is 3.27. The van der Waals surface area contributed by atoms with Gasteiger partial charge in [-0.05, 0) is 25.2 Å². The quantitative estimate of drug-likeness (QED) is 0.657. The summed E-state index contributed by atoms with van der Waals surface area (Å²) in [4.78, 5) is 36.2. The lowest BCUT2D eigenvalue weighted by Crippen LogP contribution is -2.49. The van der Waals surface area contributed by atoms with Gasteiger partial charge < -0.3 is 20.1 Å². The maximum absolute atomic E-state index is 12.2. The Hall–Kier alpha value is -1.79. The molecule has 0 spiro atoms. The first-order valence-electron chi connectivity index (χ1n) is 7.21. The summed E-state index contributed by atoms with van der Waals surface area (Å²) in [5.41, 5.74) is 0. The summed E-state index contributed by atoms with van der Waals surface area (Å²) in [6, 6.07) is -1.24. The monoisotopic (exact) mass is 300 g/mol. The second-order valence-electron chi connectivity index (χ2n) is 5.73. The van der Waals surface area contributed by atoms with E-state index in [2.05, 4.69) is 10.1 Å². The van der Waals surface area contributed by atoms with Gasteiger partial charge in [-0.15, -0.1) is 0 Å². The molecule has 0 unspecified atom stereocenters. The van der Waals surface area contributed by atoms with Gasteiger partial charge in [-0.1, -0.05) is 13.8 Å². The minimum Gasteiger partial charge on any atom is -0.480 e. The molecule has 0 heterocycles. The molecule has 7 heteroatoms. The number of hydrogen-bond donors (Lipinski definition) is 2. The lowest BCUT2D eigenvalue weighted by Gasteiger charge is -2.26. The summed E-state index contributed by atoms with van der Waals surface area (Å²) in [6.07, 6.45) is 1.90. The average Bonchev–Trinajstić information content (AvgIpc) is 3.23. The highest BCUT2D eigenvalue weighted by molar-refractivity contribution is 5.83. The molecule has 2 amide bonds. The van der Waals surface area contributed by atoms with Gasteiger partial charge in [0.05, 0.1) is 7.11 Å². The second-order valence-corrected chi connectivity index (χ2v) is 5.73. The fourth-order valence-corrected chi connectivity index (χ4v) is 2.03. The van der Waals surface area contributed by atoms with E-state index in [9.17, 15) is 14.4 Å². The van der Waals surface area contributed by atoms with Crippen LogP contribution < -0.4 is 5.32 Å². The normalized spacial score (nSPS) is 15.4. The van der Waals surface area contributed by atoms with E-state index in [0.29, 0.717) is 12.5 Å². The van der Waals surface area contributed by atoms with Gasteiger partial charge in [-0.25, -0.2) is 9.59 Å². The van der Waals surface area contributed by atoms with Crippen LogP contribution in [0.5, 0.6) is 0 Å². The predicted octanol–water partition coefficient (Wildman–Crippen LogP) is 1.22. The number of esters is 1. The van der Waals surface area contributed by atoms with Crippen LogP contribution >= 0.6 is 0 Å². The minimum atomic E-state index is -1.15. The largest absolute Gasteiger partial charge is 0.480 e. The van der Waals surface area contributed by atoms with Crippen LogP contribution in [0.25, 0.3) is 0 Å². The molecule has 7 nitrogen and oxygen atoms in total. The topological polar surface area (TPSA) is 95.9 Å². The number of urea groups is 1. The molecule has 1 rings (SSSR count). The van der Waals surface area contributed by atoms with Crippen molar-refractivity contribution in [3.63, 3.8) is 0 Å². The molecule has 1 aliphatic carbocycles. The van der Waals surface area contributed by atoms with Crippen LogP contribution in [0, 0.1) is 5.92 Å². The summed E-state index contributed by atoms with van der Waals surface area (Å²) in [5, 5.41) is 11.6. The molecule has 1 atom stereocenters. The average molecular weight is 300 g/mol. The summed E-state index contributed by atoms with van der Waals surface area (Å²) in [6.45, 7) is 4.61. The van der Waals surface area contributed by atoms with E-state index in [-0.39, 0.29) is 24.9 Å². The number of carboxylic acids is 1. The lowest BCUT2D eigenvalue weighted by atomic mass is 10.1. The van der Waals surface area contributed by atoms with Crippen molar-refractivity contribution < 1.29 is 24.2 Å². The van der Waals surface area contributed by atoms with Gasteiger partial charge in [-0.3, -0.25) is 4.79 Å². The van der Waals surface area contributed by atoms with Crippen LogP contribution in [0.4, 0.5) is 4.79 Å². The highest BCUT2D eigenvalue weighted by atomic mass is 16.5. The number of carboxylic acid groups (broad SMARTS) is 1. The van der Waals surface area contributed by atoms with Crippen LogP contribution in [-0.2, 0) is 14.3 Å². The fourth-order valence-electron chi connectivity index (χ4n) is 2.03. The van der Waals surface area contributed by atoms with Crippen LogP contribution in [0.2, 0.25) is 0 Å². The molecule has 0 aromatic rings. The number of nitrogens with zero attached hydrogens (tertiary/aromatic N) is 1. The first-order valence-corrected chi connectivity index (χ1v) is 7.21. The third-order valence-corrected chi connectivity index (χ3v) is 3.27. The first-order chi connectivity index (χ1) is 9.85. The Morgan fingerprint density at radius 2 is 1.95 bits per heavy atom. The summed E-state index contributed by atoms with van der Waals surface area (Å²) in [5.74, 6) is -1.32.